The summed E-state index contributed by atoms with van der Waals surface area (Å²) in [5.74, 6) is -6.08. The SMILES string of the molecule is CCC(C)CC(C)CCCCCCCCC(=O)N[C@@H](C[C@@H](O)[C@@H](NCCN)NC(=O)[C@@H]1[C@@H](O)CCN1C(=O)C[C@H](O)CCN)C(=O)N[C@H](C(=O)N1C[C@H](O)C[C@@]1(N)C(=O)N[C@H](C(N)=O)[C@H](O)[C@@H](O)c1ccc(O)cc1)[C@@H](C)O. The second-order valence-electron chi connectivity index (χ2n) is 21.3. The number of phenolic OH excluding ortho intramolecular Hbond substituents is 1. The molecule has 2 saturated heterocycles. The van der Waals surface area contributed by atoms with Gasteiger partial charge >= 0.3 is 0 Å². The zero-order valence-corrected chi connectivity index (χ0v) is 45.7. The molecule has 15 atom stereocenters. The molecule has 0 spiro atoms. The van der Waals surface area contributed by atoms with E-state index in [1.807, 2.05) is 0 Å². The lowest BCUT2D eigenvalue weighted by atomic mass is 9.91. The van der Waals surface area contributed by atoms with Crippen LogP contribution in [-0.2, 0) is 33.6 Å². The standard InChI is InChI=1S/C52H91N11O15/c1-5-29(2)24-30(3)12-10-8-6-7-9-11-13-39(70)58-36(26-38(69)47(57-22-21-54)61-49(76)43-37(68)19-23-62(43)40(71)25-34(66)18-20-53)48(75)59-41(31(4)64)50(77)63-28-35(67)27-52(63,56)51(78)60-42(46(55)74)45(73)44(72)32-14-16-33(65)17-15-32/h14-17,29-31,34-38,41-45,47,57,64-69,72-73H,5-13,18-28,53-54,56H2,1-4H3,(H2,55,74)(H,58,70)(H,59,75)(H,60,78)(H,61,76)/t29?,30?,31-,34-,35-,36+,37+,38-,41+,42+,43+,44+,45+,47+,52+/m1/s1. The number of carbonyl (C=O) groups excluding carboxylic acids is 7. The summed E-state index contributed by atoms with van der Waals surface area (Å²) in [6, 6.07) is -2.31. The van der Waals surface area contributed by atoms with Crippen LogP contribution in [0.5, 0.6) is 5.75 Å². The van der Waals surface area contributed by atoms with Gasteiger partial charge in [0.05, 0.1) is 36.9 Å². The highest BCUT2D eigenvalue weighted by molar-refractivity contribution is 5.98. The first-order chi connectivity index (χ1) is 36.8. The average molecular weight is 1110 g/mol. The van der Waals surface area contributed by atoms with Gasteiger partial charge in [0.25, 0.3) is 5.91 Å². The van der Waals surface area contributed by atoms with Crippen LogP contribution in [0.2, 0.25) is 0 Å². The first-order valence-electron chi connectivity index (χ1n) is 27.4. The van der Waals surface area contributed by atoms with Gasteiger partial charge in [-0.05, 0) is 68.7 Å². The average Bonchev–Trinajstić information content (AvgIpc) is 3.96. The van der Waals surface area contributed by atoms with Crippen LogP contribution < -0.4 is 49.5 Å². The van der Waals surface area contributed by atoms with Gasteiger partial charge in [-0.15, -0.1) is 0 Å². The van der Waals surface area contributed by atoms with Crippen LogP contribution >= 0.6 is 0 Å². The second-order valence-corrected chi connectivity index (χ2v) is 21.3. The van der Waals surface area contributed by atoms with E-state index in [0.717, 1.165) is 50.3 Å². The zero-order chi connectivity index (χ0) is 58.4. The van der Waals surface area contributed by atoms with Crippen LogP contribution in [0.25, 0.3) is 0 Å². The quantitative estimate of drug-likeness (QED) is 0.0230. The molecular formula is C52H91N11O15. The summed E-state index contributed by atoms with van der Waals surface area (Å²) in [6.45, 7) is 7.22. The van der Waals surface area contributed by atoms with Gasteiger partial charge in [0.15, 0.2) is 5.66 Å². The largest absolute Gasteiger partial charge is 0.508 e. The Bertz CT molecular complexity index is 2080. The van der Waals surface area contributed by atoms with E-state index < -0.39 is 139 Å². The molecule has 2 aliphatic rings. The lowest BCUT2D eigenvalue weighted by molar-refractivity contribution is -0.151. The van der Waals surface area contributed by atoms with Crippen LogP contribution in [0.1, 0.15) is 136 Å². The van der Waals surface area contributed by atoms with Gasteiger partial charge < -0.3 is 94.9 Å². The molecule has 2 fully saturated rings. The van der Waals surface area contributed by atoms with Crippen LogP contribution in [-0.4, -0.2) is 197 Å². The number of hydrogen-bond donors (Lipinski definition) is 17. The molecule has 2 heterocycles. The Hall–Kier alpha value is -5.13. The number of rotatable bonds is 35. The van der Waals surface area contributed by atoms with Crippen molar-refractivity contribution in [2.24, 2.45) is 34.8 Å². The minimum absolute atomic E-state index is 0.0116. The predicted octanol–water partition coefficient (Wildman–Crippen LogP) is -3.65. The molecule has 2 aliphatic heterocycles. The summed E-state index contributed by atoms with van der Waals surface area (Å²) in [6.07, 6.45) is -5.95. The Labute approximate surface area is 456 Å². The number of nitrogens with one attached hydrogen (secondary N) is 5. The molecule has 1 aromatic carbocycles. The lowest BCUT2D eigenvalue weighted by Gasteiger charge is -2.38. The fourth-order valence-electron chi connectivity index (χ4n) is 9.94. The smallest absolute Gasteiger partial charge is 0.261 e. The molecule has 0 bridgehead atoms. The number of aliphatic hydroxyl groups excluding tert-OH is 7. The Kier molecular flexibility index (Phi) is 28.3. The number of nitrogens with two attached hydrogens (primary N) is 4. The fourth-order valence-corrected chi connectivity index (χ4v) is 9.94. The van der Waals surface area contributed by atoms with E-state index in [2.05, 4.69) is 47.4 Å². The molecule has 26 nitrogen and oxygen atoms in total. The molecule has 7 amide bonds. The summed E-state index contributed by atoms with van der Waals surface area (Å²) in [5.41, 5.74) is 20.8. The van der Waals surface area contributed by atoms with Crippen molar-refractivity contribution in [3.05, 3.63) is 29.8 Å². The summed E-state index contributed by atoms with van der Waals surface area (Å²) in [5, 5.41) is 98.8. The monoisotopic (exact) mass is 1110 g/mol. The van der Waals surface area contributed by atoms with Crippen molar-refractivity contribution in [2.45, 2.75) is 203 Å². The molecule has 26 heteroatoms. The third kappa shape index (κ3) is 20.2. The molecule has 3 rings (SSSR count). The number of benzene rings is 1. The molecule has 0 aliphatic carbocycles. The van der Waals surface area contributed by atoms with E-state index in [1.54, 1.807) is 0 Å². The maximum Gasteiger partial charge on any atom is 0.261 e. The Balaban J connectivity index is 1.87. The predicted molar refractivity (Wildman–Crippen MR) is 285 cm³/mol. The highest BCUT2D eigenvalue weighted by Gasteiger charge is 2.54. The summed E-state index contributed by atoms with van der Waals surface area (Å²) >= 11 is 0. The van der Waals surface area contributed by atoms with Crippen molar-refractivity contribution >= 4 is 41.4 Å². The van der Waals surface area contributed by atoms with Gasteiger partial charge in [-0.25, -0.2) is 0 Å². The number of aliphatic hydroxyl groups is 7. The van der Waals surface area contributed by atoms with Crippen LogP contribution in [0, 0.1) is 11.8 Å². The molecule has 2 unspecified atom stereocenters. The number of amides is 7. The minimum Gasteiger partial charge on any atom is -0.508 e. The van der Waals surface area contributed by atoms with Crippen molar-refractivity contribution in [3.63, 3.8) is 0 Å². The number of likely N-dealkylation sites (tertiary alicyclic amines) is 2. The Morgan fingerprint density at radius 3 is 2.04 bits per heavy atom. The number of nitrogens with zero attached hydrogens (tertiary/aromatic N) is 2. The van der Waals surface area contributed by atoms with E-state index in [4.69, 9.17) is 22.9 Å². The van der Waals surface area contributed by atoms with Crippen molar-refractivity contribution < 1.29 is 74.4 Å². The topological polar surface area (TPSA) is 452 Å². The number of primary amides is 1. The maximum absolute atomic E-state index is 14.5. The van der Waals surface area contributed by atoms with E-state index in [1.165, 1.54) is 30.7 Å². The van der Waals surface area contributed by atoms with Gasteiger partial charge in [0, 0.05) is 45.4 Å². The highest BCUT2D eigenvalue weighted by atomic mass is 16.3. The van der Waals surface area contributed by atoms with Gasteiger partial charge in [0.2, 0.25) is 35.4 Å². The number of phenols is 1. The number of aromatic hydroxyl groups is 1. The van der Waals surface area contributed by atoms with Crippen LogP contribution in [0.3, 0.4) is 0 Å². The molecule has 1 aromatic rings. The minimum atomic E-state index is -2.54. The third-order valence-corrected chi connectivity index (χ3v) is 14.7. The first-order valence-corrected chi connectivity index (χ1v) is 27.4. The molecule has 0 aromatic heterocycles. The van der Waals surface area contributed by atoms with Crippen LogP contribution in [0.15, 0.2) is 24.3 Å². The van der Waals surface area contributed by atoms with Gasteiger partial charge in [-0.1, -0.05) is 77.8 Å². The molecule has 444 valence electrons. The van der Waals surface area contributed by atoms with Gasteiger partial charge in [0.1, 0.15) is 48.3 Å². The van der Waals surface area contributed by atoms with Crippen molar-refractivity contribution in [2.75, 3.05) is 32.7 Å². The summed E-state index contributed by atoms with van der Waals surface area (Å²) < 4.78 is 0. The number of β-amino-alcohol motifs (C(OH)–C–C–N with tert-alkyl or cyclic N) is 1. The van der Waals surface area contributed by atoms with E-state index in [0.29, 0.717) is 29.6 Å². The zero-order valence-electron chi connectivity index (χ0n) is 45.7. The molecule has 21 N–H and O–H groups in total. The van der Waals surface area contributed by atoms with Gasteiger partial charge in [-0.2, -0.15) is 0 Å². The normalized spacial score (nSPS) is 22.7. The van der Waals surface area contributed by atoms with Crippen molar-refractivity contribution in [1.29, 1.82) is 0 Å². The van der Waals surface area contributed by atoms with Crippen molar-refractivity contribution in [1.82, 2.24) is 36.4 Å². The molecular weight excluding hydrogens is 1020 g/mol. The summed E-state index contributed by atoms with van der Waals surface area (Å²) in [4.78, 5) is 97.9. The van der Waals surface area contributed by atoms with E-state index >= 15 is 0 Å². The maximum atomic E-state index is 14.5. The fraction of sp³-hybridized carbons (Fsp3) is 0.750. The lowest BCUT2D eigenvalue weighted by Crippen LogP contribution is -2.69. The molecule has 0 saturated carbocycles. The van der Waals surface area contributed by atoms with Crippen molar-refractivity contribution in [3.8, 4) is 5.75 Å². The Morgan fingerprint density at radius 2 is 1.44 bits per heavy atom. The van der Waals surface area contributed by atoms with Gasteiger partial charge in [-0.3, -0.25) is 38.9 Å². The third-order valence-electron chi connectivity index (χ3n) is 14.7. The second kappa shape index (κ2) is 32.8. The van der Waals surface area contributed by atoms with E-state index in [9.17, 15) is 74.4 Å². The molecule has 0 radical (unpaired) electrons. The van der Waals surface area contributed by atoms with E-state index in [-0.39, 0.29) is 63.2 Å². The molecule has 78 heavy (non-hydrogen) atoms. The number of hydrogen-bond acceptors (Lipinski definition) is 19. The number of unbranched alkanes of at least 4 members (excludes halogenated alkanes) is 5. The number of carbonyl (C=O) groups is 7. The Morgan fingerprint density at radius 1 is 0.795 bits per heavy atom. The van der Waals surface area contributed by atoms with Crippen LogP contribution in [0.4, 0.5) is 0 Å². The highest BCUT2D eigenvalue weighted by Crippen LogP contribution is 2.29. The first kappa shape index (κ1) is 67.1. The summed E-state index contributed by atoms with van der Waals surface area (Å²) in [7, 11) is 0.